The van der Waals surface area contributed by atoms with Gasteiger partial charge < -0.3 is 15.2 Å². The van der Waals surface area contributed by atoms with E-state index in [0.29, 0.717) is 22.6 Å². The first-order valence-electron chi connectivity index (χ1n) is 7.14. The van der Waals surface area contributed by atoms with Crippen molar-refractivity contribution in [1.29, 1.82) is 0 Å². The minimum Gasteiger partial charge on any atom is -0.493 e. The molecule has 0 radical (unpaired) electrons. The number of hydrogen-bond acceptors (Lipinski definition) is 3. The third-order valence-corrected chi connectivity index (χ3v) is 4.11. The van der Waals surface area contributed by atoms with Gasteiger partial charge in [0.1, 0.15) is 4.99 Å². The highest BCUT2D eigenvalue weighted by molar-refractivity contribution is 7.80. The van der Waals surface area contributed by atoms with Crippen LogP contribution in [-0.2, 0) is 0 Å². The highest BCUT2D eigenvalue weighted by atomic mass is 32.1. The topological polar surface area (TPSA) is 44.5 Å². The molecule has 1 fully saturated rings. The summed E-state index contributed by atoms with van der Waals surface area (Å²) in [6.07, 6.45) is 3.75. The Labute approximate surface area is 126 Å². The Bertz CT molecular complexity index is 479. The number of methoxy groups -OCH3 is 1. The number of benzene rings is 1. The van der Waals surface area contributed by atoms with Gasteiger partial charge in [-0.25, -0.2) is 0 Å². The fourth-order valence-electron chi connectivity index (χ4n) is 3.07. The van der Waals surface area contributed by atoms with E-state index in [1.165, 1.54) is 6.42 Å². The first kappa shape index (κ1) is 15.1. The van der Waals surface area contributed by atoms with Crippen LogP contribution < -0.4 is 15.2 Å². The molecule has 0 aliphatic heterocycles. The summed E-state index contributed by atoms with van der Waals surface area (Å²) < 4.78 is 11.5. The molecule has 4 heteroatoms. The molecule has 20 heavy (non-hydrogen) atoms. The van der Waals surface area contributed by atoms with Crippen molar-refractivity contribution < 1.29 is 9.47 Å². The zero-order valence-electron chi connectivity index (χ0n) is 12.4. The molecule has 110 valence electrons. The lowest BCUT2D eigenvalue weighted by Gasteiger charge is -2.32. The van der Waals surface area contributed by atoms with Crippen molar-refractivity contribution >= 4 is 17.2 Å². The zero-order chi connectivity index (χ0) is 14.7. The Morgan fingerprint density at radius 1 is 1.15 bits per heavy atom. The van der Waals surface area contributed by atoms with Crippen molar-refractivity contribution in [2.45, 2.75) is 39.2 Å². The Kier molecular flexibility index (Phi) is 4.86. The second-order valence-corrected chi connectivity index (χ2v) is 6.33. The first-order valence-corrected chi connectivity index (χ1v) is 7.55. The van der Waals surface area contributed by atoms with E-state index < -0.39 is 0 Å². The molecule has 1 aromatic rings. The summed E-state index contributed by atoms with van der Waals surface area (Å²) in [5.41, 5.74) is 6.44. The van der Waals surface area contributed by atoms with Gasteiger partial charge in [-0.15, -0.1) is 0 Å². The standard InChI is InChI=1S/C16H23NO2S/c1-10-6-11(2)8-13(7-10)19-14-5-4-12(16(17)20)9-15(14)18-3/h4-5,9-11,13H,6-8H2,1-3H3,(H2,17,20). The molecule has 2 rings (SSSR count). The number of ether oxygens (including phenoxy) is 2. The van der Waals surface area contributed by atoms with Crippen LogP contribution in [0, 0.1) is 11.8 Å². The molecule has 3 nitrogen and oxygen atoms in total. The van der Waals surface area contributed by atoms with E-state index in [1.807, 2.05) is 18.2 Å². The highest BCUT2D eigenvalue weighted by Crippen LogP contribution is 2.35. The Balaban J connectivity index is 2.14. The van der Waals surface area contributed by atoms with Crippen LogP contribution in [0.3, 0.4) is 0 Å². The maximum absolute atomic E-state index is 6.14. The summed E-state index contributed by atoms with van der Waals surface area (Å²) in [6, 6.07) is 5.63. The average molecular weight is 293 g/mol. The fraction of sp³-hybridized carbons (Fsp3) is 0.562. The summed E-state index contributed by atoms with van der Waals surface area (Å²) in [4.78, 5) is 0.370. The van der Waals surface area contributed by atoms with Gasteiger partial charge >= 0.3 is 0 Å². The third-order valence-electron chi connectivity index (χ3n) is 3.88. The second-order valence-electron chi connectivity index (χ2n) is 5.89. The molecule has 1 aliphatic carbocycles. The van der Waals surface area contributed by atoms with E-state index in [2.05, 4.69) is 13.8 Å². The maximum Gasteiger partial charge on any atom is 0.161 e. The Morgan fingerprint density at radius 2 is 1.80 bits per heavy atom. The van der Waals surface area contributed by atoms with Crippen LogP contribution in [0.4, 0.5) is 0 Å². The van der Waals surface area contributed by atoms with Crippen LogP contribution in [0.2, 0.25) is 0 Å². The number of rotatable bonds is 4. The predicted molar refractivity (Wildman–Crippen MR) is 85.5 cm³/mol. The molecular formula is C16H23NO2S. The van der Waals surface area contributed by atoms with Gasteiger partial charge in [-0.2, -0.15) is 0 Å². The predicted octanol–water partition coefficient (Wildman–Crippen LogP) is 3.53. The van der Waals surface area contributed by atoms with Gasteiger partial charge in [0.2, 0.25) is 0 Å². The highest BCUT2D eigenvalue weighted by Gasteiger charge is 2.26. The van der Waals surface area contributed by atoms with Gasteiger partial charge in [-0.3, -0.25) is 0 Å². The van der Waals surface area contributed by atoms with Gasteiger partial charge in [0.05, 0.1) is 13.2 Å². The summed E-state index contributed by atoms with van der Waals surface area (Å²) in [6.45, 7) is 4.58. The van der Waals surface area contributed by atoms with Crippen LogP contribution in [0.1, 0.15) is 38.7 Å². The third kappa shape index (κ3) is 3.63. The van der Waals surface area contributed by atoms with E-state index in [0.717, 1.165) is 24.2 Å². The normalized spacial score (nSPS) is 26.1. The molecule has 0 bridgehead atoms. The fourth-order valence-corrected chi connectivity index (χ4v) is 3.19. The van der Waals surface area contributed by atoms with Gasteiger partial charge in [0.15, 0.2) is 11.5 Å². The van der Waals surface area contributed by atoms with E-state index in [4.69, 9.17) is 27.4 Å². The van der Waals surface area contributed by atoms with Crippen molar-refractivity contribution in [2.24, 2.45) is 17.6 Å². The van der Waals surface area contributed by atoms with Crippen LogP contribution in [0.15, 0.2) is 18.2 Å². The van der Waals surface area contributed by atoms with Crippen molar-refractivity contribution in [2.75, 3.05) is 7.11 Å². The SMILES string of the molecule is COc1cc(C(N)=S)ccc1OC1CC(C)CC(C)C1. The van der Waals surface area contributed by atoms with E-state index >= 15 is 0 Å². The molecule has 0 aromatic heterocycles. The molecule has 0 saturated heterocycles. The monoisotopic (exact) mass is 293 g/mol. The van der Waals surface area contributed by atoms with Gasteiger partial charge in [-0.1, -0.05) is 26.1 Å². The molecule has 1 saturated carbocycles. The van der Waals surface area contributed by atoms with Crippen molar-refractivity contribution in [3.05, 3.63) is 23.8 Å². The lowest BCUT2D eigenvalue weighted by Crippen LogP contribution is -2.28. The molecule has 1 aliphatic rings. The maximum atomic E-state index is 6.14. The Morgan fingerprint density at radius 3 is 2.35 bits per heavy atom. The van der Waals surface area contributed by atoms with Crippen molar-refractivity contribution in [1.82, 2.24) is 0 Å². The van der Waals surface area contributed by atoms with E-state index in [1.54, 1.807) is 7.11 Å². The smallest absolute Gasteiger partial charge is 0.161 e. The minimum absolute atomic E-state index is 0.262. The lowest BCUT2D eigenvalue weighted by molar-refractivity contribution is 0.0980. The lowest BCUT2D eigenvalue weighted by atomic mass is 9.82. The molecule has 1 aromatic carbocycles. The zero-order valence-corrected chi connectivity index (χ0v) is 13.2. The van der Waals surface area contributed by atoms with Crippen LogP contribution >= 0.6 is 12.2 Å². The number of nitrogens with two attached hydrogens (primary N) is 1. The van der Waals surface area contributed by atoms with Gasteiger partial charge in [-0.05, 0) is 49.3 Å². The van der Waals surface area contributed by atoms with Gasteiger partial charge in [0, 0.05) is 5.56 Å². The van der Waals surface area contributed by atoms with Crippen LogP contribution in [0.5, 0.6) is 11.5 Å². The Hall–Kier alpha value is -1.29. The molecule has 0 heterocycles. The van der Waals surface area contributed by atoms with Crippen molar-refractivity contribution in [3.8, 4) is 11.5 Å². The summed E-state index contributed by atoms with van der Waals surface area (Å²) in [7, 11) is 1.64. The number of hydrogen-bond donors (Lipinski definition) is 1. The van der Waals surface area contributed by atoms with Crippen LogP contribution in [-0.4, -0.2) is 18.2 Å². The quantitative estimate of drug-likeness (QED) is 0.863. The summed E-state index contributed by atoms with van der Waals surface area (Å²) in [5, 5.41) is 0. The van der Waals surface area contributed by atoms with E-state index in [9.17, 15) is 0 Å². The number of thiocarbonyl (C=S) groups is 1. The largest absolute Gasteiger partial charge is 0.493 e. The van der Waals surface area contributed by atoms with Crippen molar-refractivity contribution in [3.63, 3.8) is 0 Å². The molecule has 2 N–H and O–H groups in total. The first-order chi connectivity index (χ1) is 9.49. The molecule has 2 unspecified atom stereocenters. The molecular weight excluding hydrogens is 270 g/mol. The summed E-state index contributed by atoms with van der Waals surface area (Å²) in [5.74, 6) is 2.90. The molecule has 0 amide bonds. The van der Waals surface area contributed by atoms with Gasteiger partial charge in [0.25, 0.3) is 0 Å². The van der Waals surface area contributed by atoms with E-state index in [-0.39, 0.29) is 6.10 Å². The minimum atomic E-state index is 0.262. The summed E-state index contributed by atoms with van der Waals surface area (Å²) >= 11 is 4.99. The molecule has 0 spiro atoms. The van der Waals surface area contributed by atoms with Crippen LogP contribution in [0.25, 0.3) is 0 Å². The second kappa shape index (κ2) is 6.44. The average Bonchev–Trinajstić information content (AvgIpc) is 2.37. The molecule has 2 atom stereocenters.